The van der Waals surface area contributed by atoms with Crippen LogP contribution in [0.1, 0.15) is 37.9 Å². The van der Waals surface area contributed by atoms with Gasteiger partial charge in [-0.25, -0.2) is 4.98 Å². The zero-order valence-electron chi connectivity index (χ0n) is 10.3. The third-order valence-electron chi connectivity index (χ3n) is 3.59. The third-order valence-corrected chi connectivity index (χ3v) is 3.59. The van der Waals surface area contributed by atoms with Crippen LogP contribution in [0.4, 0.5) is 0 Å². The molecule has 1 aromatic rings. The minimum absolute atomic E-state index is 0.234. The lowest BCUT2D eigenvalue weighted by Crippen LogP contribution is -2.40. The van der Waals surface area contributed by atoms with E-state index in [1.807, 2.05) is 19.6 Å². The summed E-state index contributed by atoms with van der Waals surface area (Å²) < 4.78 is 2.10. The Hall–Kier alpha value is -0.870. The number of imidazole rings is 1. The highest BCUT2D eigenvalue weighted by Gasteiger charge is 2.29. The van der Waals surface area contributed by atoms with Gasteiger partial charge in [-0.3, -0.25) is 4.90 Å². The number of likely N-dealkylation sites (N-methyl/N-ethyl adjacent to an activating group) is 1. The van der Waals surface area contributed by atoms with Gasteiger partial charge in [0.25, 0.3) is 0 Å². The van der Waals surface area contributed by atoms with Crippen molar-refractivity contribution < 1.29 is 0 Å². The molecule has 1 aliphatic rings. The number of aromatic nitrogens is 2. The summed E-state index contributed by atoms with van der Waals surface area (Å²) in [6.45, 7) is 4.42. The van der Waals surface area contributed by atoms with Gasteiger partial charge in [-0.15, -0.1) is 0 Å². The average Bonchev–Trinajstić information content (AvgIpc) is 2.59. The van der Waals surface area contributed by atoms with Crippen LogP contribution in [-0.2, 0) is 7.05 Å². The first-order valence-corrected chi connectivity index (χ1v) is 6.20. The Bertz CT molecular complexity index is 334. The Morgan fingerprint density at radius 2 is 2.31 bits per heavy atom. The van der Waals surface area contributed by atoms with E-state index in [-0.39, 0.29) is 6.04 Å². The van der Waals surface area contributed by atoms with Gasteiger partial charge >= 0.3 is 0 Å². The molecule has 2 unspecified atom stereocenters. The number of aryl methyl sites for hydroxylation is 1. The molecule has 0 radical (unpaired) electrons. The van der Waals surface area contributed by atoms with Crippen LogP contribution in [0.25, 0.3) is 0 Å². The molecule has 4 nitrogen and oxygen atoms in total. The van der Waals surface area contributed by atoms with E-state index in [0.717, 1.165) is 19.5 Å². The second-order valence-corrected chi connectivity index (χ2v) is 4.66. The molecule has 2 heterocycles. The molecule has 4 heteroatoms. The van der Waals surface area contributed by atoms with E-state index in [9.17, 15) is 0 Å². The lowest BCUT2D eigenvalue weighted by molar-refractivity contribution is 0.188. The lowest BCUT2D eigenvalue weighted by Gasteiger charge is -2.32. The fourth-order valence-electron chi connectivity index (χ4n) is 2.68. The largest absolute Gasteiger partial charge is 0.336 e. The highest BCUT2D eigenvalue weighted by Crippen LogP contribution is 2.28. The smallest absolute Gasteiger partial charge is 0.0946 e. The van der Waals surface area contributed by atoms with Crippen LogP contribution in [0, 0.1) is 0 Å². The number of nitrogens with two attached hydrogens (primary N) is 1. The quantitative estimate of drug-likeness (QED) is 0.820. The van der Waals surface area contributed by atoms with Crippen molar-refractivity contribution >= 4 is 0 Å². The number of likely N-dealkylation sites (tertiary alicyclic amines) is 1. The zero-order chi connectivity index (χ0) is 11.5. The zero-order valence-corrected chi connectivity index (χ0v) is 10.3. The lowest BCUT2D eigenvalue weighted by atomic mass is 10.0. The topological polar surface area (TPSA) is 47.1 Å². The summed E-state index contributed by atoms with van der Waals surface area (Å²) in [4.78, 5) is 6.69. The van der Waals surface area contributed by atoms with Crippen LogP contribution in [0.3, 0.4) is 0 Å². The number of nitrogens with zero attached hydrogens (tertiary/aromatic N) is 3. The first-order chi connectivity index (χ1) is 7.74. The highest BCUT2D eigenvalue weighted by molar-refractivity contribution is 5.09. The Morgan fingerprint density at radius 1 is 1.50 bits per heavy atom. The molecule has 2 atom stereocenters. The number of hydrogen-bond acceptors (Lipinski definition) is 3. The van der Waals surface area contributed by atoms with Crippen molar-refractivity contribution in [1.29, 1.82) is 0 Å². The van der Waals surface area contributed by atoms with E-state index in [1.54, 1.807) is 0 Å². The summed E-state index contributed by atoms with van der Waals surface area (Å²) in [5, 5.41) is 0. The second kappa shape index (κ2) is 4.97. The van der Waals surface area contributed by atoms with Gasteiger partial charge in [-0.1, -0.05) is 13.3 Å². The second-order valence-electron chi connectivity index (χ2n) is 4.66. The van der Waals surface area contributed by atoms with Crippen LogP contribution < -0.4 is 5.73 Å². The Morgan fingerprint density at radius 3 is 2.94 bits per heavy atom. The standard InChI is InChI=1S/C12H22N4/c1-3-16-7-5-4-6-10(13)12(16)11-8-14-9-15(11)2/h8-10,12H,3-7,13H2,1-2H3. The molecule has 1 aromatic heterocycles. The molecule has 0 bridgehead atoms. The molecule has 0 saturated carbocycles. The molecule has 0 aliphatic carbocycles. The summed E-state index contributed by atoms with van der Waals surface area (Å²) in [5.74, 6) is 0. The molecule has 1 fully saturated rings. The van der Waals surface area contributed by atoms with E-state index in [1.165, 1.54) is 18.5 Å². The molecule has 16 heavy (non-hydrogen) atoms. The first kappa shape index (κ1) is 11.6. The monoisotopic (exact) mass is 222 g/mol. The molecule has 0 aromatic carbocycles. The molecule has 90 valence electrons. The maximum Gasteiger partial charge on any atom is 0.0946 e. The van der Waals surface area contributed by atoms with Crippen molar-refractivity contribution in [3.8, 4) is 0 Å². The predicted octanol–water partition coefficient (Wildman–Crippen LogP) is 1.29. The van der Waals surface area contributed by atoms with Gasteiger partial charge < -0.3 is 10.3 Å². The van der Waals surface area contributed by atoms with E-state index in [2.05, 4.69) is 21.4 Å². The van der Waals surface area contributed by atoms with Gasteiger partial charge in [-0.2, -0.15) is 0 Å². The third kappa shape index (κ3) is 2.13. The molecule has 2 rings (SSSR count). The van der Waals surface area contributed by atoms with E-state index >= 15 is 0 Å². The maximum atomic E-state index is 6.32. The van der Waals surface area contributed by atoms with Crippen molar-refractivity contribution in [2.75, 3.05) is 13.1 Å². The Kier molecular flexibility index (Phi) is 3.61. The SMILES string of the molecule is CCN1CCCCC(N)C1c1cncn1C. The fourth-order valence-corrected chi connectivity index (χ4v) is 2.68. The highest BCUT2D eigenvalue weighted by atomic mass is 15.2. The average molecular weight is 222 g/mol. The van der Waals surface area contributed by atoms with E-state index in [0.29, 0.717) is 6.04 Å². The van der Waals surface area contributed by atoms with Crippen LogP contribution in [-0.4, -0.2) is 33.6 Å². The number of hydrogen-bond donors (Lipinski definition) is 1. The van der Waals surface area contributed by atoms with Gasteiger partial charge in [0.2, 0.25) is 0 Å². The van der Waals surface area contributed by atoms with Crippen molar-refractivity contribution in [2.24, 2.45) is 12.8 Å². The van der Waals surface area contributed by atoms with Crippen LogP contribution >= 0.6 is 0 Å². The minimum Gasteiger partial charge on any atom is -0.336 e. The molecule has 0 spiro atoms. The van der Waals surface area contributed by atoms with E-state index < -0.39 is 0 Å². The van der Waals surface area contributed by atoms with Crippen molar-refractivity contribution in [2.45, 2.75) is 38.3 Å². The van der Waals surface area contributed by atoms with Crippen LogP contribution in [0.5, 0.6) is 0 Å². The van der Waals surface area contributed by atoms with Gasteiger partial charge in [0.15, 0.2) is 0 Å². The molecular weight excluding hydrogens is 200 g/mol. The molecule has 1 aliphatic heterocycles. The Balaban J connectivity index is 2.29. The molecule has 2 N–H and O–H groups in total. The number of rotatable bonds is 2. The predicted molar refractivity (Wildman–Crippen MR) is 65.0 cm³/mol. The summed E-state index contributed by atoms with van der Waals surface area (Å²) in [5.41, 5.74) is 7.57. The normalized spacial score (nSPS) is 27.9. The molecule has 0 amide bonds. The summed E-state index contributed by atoms with van der Waals surface area (Å²) in [7, 11) is 2.05. The van der Waals surface area contributed by atoms with Crippen molar-refractivity contribution in [3.63, 3.8) is 0 Å². The van der Waals surface area contributed by atoms with Gasteiger partial charge in [0.1, 0.15) is 0 Å². The van der Waals surface area contributed by atoms with Crippen LogP contribution in [0.15, 0.2) is 12.5 Å². The molecule has 1 saturated heterocycles. The summed E-state index contributed by atoms with van der Waals surface area (Å²) >= 11 is 0. The van der Waals surface area contributed by atoms with Crippen molar-refractivity contribution in [1.82, 2.24) is 14.5 Å². The first-order valence-electron chi connectivity index (χ1n) is 6.20. The maximum absolute atomic E-state index is 6.32. The van der Waals surface area contributed by atoms with Crippen molar-refractivity contribution in [3.05, 3.63) is 18.2 Å². The van der Waals surface area contributed by atoms with Gasteiger partial charge in [0.05, 0.1) is 18.1 Å². The van der Waals surface area contributed by atoms with Gasteiger partial charge in [-0.05, 0) is 25.9 Å². The van der Waals surface area contributed by atoms with E-state index in [4.69, 9.17) is 5.73 Å². The minimum atomic E-state index is 0.234. The molecular formula is C12H22N4. The summed E-state index contributed by atoms with van der Waals surface area (Å²) in [6, 6.07) is 0.567. The van der Waals surface area contributed by atoms with Crippen LogP contribution in [0.2, 0.25) is 0 Å². The fraction of sp³-hybridized carbons (Fsp3) is 0.750. The Labute approximate surface area is 97.4 Å². The summed E-state index contributed by atoms with van der Waals surface area (Å²) in [6.07, 6.45) is 7.44. The van der Waals surface area contributed by atoms with Gasteiger partial charge in [0, 0.05) is 19.3 Å².